The fourth-order valence-corrected chi connectivity index (χ4v) is 3.86. The zero-order valence-electron chi connectivity index (χ0n) is 16.3. The van der Waals surface area contributed by atoms with Gasteiger partial charge in [0, 0.05) is 30.4 Å². The van der Waals surface area contributed by atoms with Gasteiger partial charge in [-0.2, -0.15) is 10.5 Å². The summed E-state index contributed by atoms with van der Waals surface area (Å²) >= 11 is 0. The molecular weight excluding hydrogens is 379 g/mol. The van der Waals surface area contributed by atoms with Crippen LogP contribution >= 0.6 is 0 Å². The van der Waals surface area contributed by atoms with Gasteiger partial charge in [0.2, 0.25) is 0 Å². The number of hydrogen-bond acceptors (Lipinski definition) is 6. The lowest BCUT2D eigenvalue weighted by atomic mass is 9.93. The van der Waals surface area contributed by atoms with Crippen LogP contribution in [0.4, 0.5) is 16.0 Å². The van der Waals surface area contributed by atoms with Crippen molar-refractivity contribution >= 4 is 11.6 Å². The van der Waals surface area contributed by atoms with Crippen LogP contribution in [0.5, 0.6) is 0 Å². The normalized spacial score (nSPS) is 13.5. The van der Waals surface area contributed by atoms with Crippen LogP contribution in [-0.2, 0) is 0 Å². The molecule has 0 atom stereocenters. The van der Waals surface area contributed by atoms with E-state index < -0.39 is 5.82 Å². The third kappa shape index (κ3) is 3.54. The van der Waals surface area contributed by atoms with Crippen LogP contribution in [0.15, 0.2) is 42.7 Å². The molecule has 7 heteroatoms. The van der Waals surface area contributed by atoms with Gasteiger partial charge >= 0.3 is 0 Å². The molecule has 0 radical (unpaired) electrons. The Morgan fingerprint density at radius 1 is 0.933 bits per heavy atom. The number of benzene rings is 1. The molecule has 3 heterocycles. The molecule has 0 spiro atoms. The summed E-state index contributed by atoms with van der Waals surface area (Å²) in [7, 11) is 0. The van der Waals surface area contributed by atoms with E-state index in [0.29, 0.717) is 28.1 Å². The standard InChI is InChI=1S/C23H19FN6/c24-18-10-17(13-28-14-18)15-5-4-6-16(9-15)21-19(11-25)22(27)29-23(20(21)12-26)30-7-2-1-3-8-30/h4-6,9-10,13-14H,1-3,7-8H2,(H2,27,29). The van der Waals surface area contributed by atoms with Gasteiger partial charge < -0.3 is 10.6 Å². The third-order valence-corrected chi connectivity index (χ3v) is 5.27. The van der Waals surface area contributed by atoms with Crippen LogP contribution in [0.25, 0.3) is 22.3 Å². The van der Waals surface area contributed by atoms with Gasteiger partial charge in [-0.3, -0.25) is 4.98 Å². The lowest BCUT2D eigenvalue weighted by molar-refractivity contribution is 0.573. The zero-order chi connectivity index (χ0) is 21.1. The molecule has 30 heavy (non-hydrogen) atoms. The van der Waals surface area contributed by atoms with Gasteiger partial charge in [-0.15, -0.1) is 0 Å². The lowest BCUT2D eigenvalue weighted by Crippen LogP contribution is -2.31. The molecule has 1 aromatic carbocycles. The van der Waals surface area contributed by atoms with E-state index in [-0.39, 0.29) is 11.4 Å². The van der Waals surface area contributed by atoms with E-state index in [2.05, 4.69) is 27.0 Å². The molecule has 6 nitrogen and oxygen atoms in total. The summed E-state index contributed by atoms with van der Waals surface area (Å²) < 4.78 is 13.6. The summed E-state index contributed by atoms with van der Waals surface area (Å²) in [6, 6.07) is 13.0. The summed E-state index contributed by atoms with van der Waals surface area (Å²) in [5, 5.41) is 19.8. The Balaban J connectivity index is 1.92. The van der Waals surface area contributed by atoms with Crippen LogP contribution in [0.3, 0.4) is 0 Å². The number of anilines is 2. The van der Waals surface area contributed by atoms with Crippen LogP contribution in [0.1, 0.15) is 30.4 Å². The fourth-order valence-electron chi connectivity index (χ4n) is 3.86. The van der Waals surface area contributed by atoms with E-state index in [1.54, 1.807) is 12.3 Å². The van der Waals surface area contributed by atoms with Crippen molar-refractivity contribution in [2.24, 2.45) is 0 Å². The predicted octanol–water partition coefficient (Wildman–Crippen LogP) is 4.27. The van der Waals surface area contributed by atoms with Crippen molar-refractivity contribution in [3.63, 3.8) is 0 Å². The van der Waals surface area contributed by atoms with Crippen LogP contribution in [0.2, 0.25) is 0 Å². The lowest BCUT2D eigenvalue weighted by Gasteiger charge is -2.29. The second kappa shape index (κ2) is 8.18. The van der Waals surface area contributed by atoms with Crippen LogP contribution in [-0.4, -0.2) is 23.1 Å². The number of nitrogens with two attached hydrogens (primary N) is 1. The topological polar surface area (TPSA) is 103 Å². The highest BCUT2D eigenvalue weighted by atomic mass is 19.1. The van der Waals surface area contributed by atoms with Gasteiger partial charge in [-0.25, -0.2) is 9.37 Å². The van der Waals surface area contributed by atoms with E-state index in [9.17, 15) is 14.9 Å². The SMILES string of the molecule is N#Cc1c(N)nc(N2CCCCC2)c(C#N)c1-c1cccc(-c2cncc(F)c2)c1. The molecule has 1 aliphatic rings. The molecule has 0 amide bonds. The number of rotatable bonds is 3. The Hall–Kier alpha value is -3.97. The maximum Gasteiger partial charge on any atom is 0.149 e. The van der Waals surface area contributed by atoms with Gasteiger partial charge in [-0.05, 0) is 42.5 Å². The molecule has 1 fully saturated rings. The molecule has 1 saturated heterocycles. The minimum absolute atomic E-state index is 0.102. The molecule has 1 aliphatic heterocycles. The summed E-state index contributed by atoms with van der Waals surface area (Å²) in [6.07, 6.45) is 5.89. The number of halogens is 1. The van der Waals surface area contributed by atoms with Gasteiger partial charge in [0.05, 0.1) is 6.20 Å². The number of nitriles is 2. The third-order valence-electron chi connectivity index (χ3n) is 5.27. The Bertz CT molecular complexity index is 1190. The van der Waals surface area contributed by atoms with E-state index in [4.69, 9.17) is 5.73 Å². The minimum atomic E-state index is -0.436. The molecule has 148 valence electrons. The molecule has 4 rings (SSSR count). The van der Waals surface area contributed by atoms with Crippen molar-refractivity contribution in [3.05, 3.63) is 59.7 Å². The maximum absolute atomic E-state index is 13.6. The second-order valence-corrected chi connectivity index (χ2v) is 7.19. The van der Waals surface area contributed by atoms with Gasteiger partial charge in [0.1, 0.15) is 40.7 Å². The summed E-state index contributed by atoms with van der Waals surface area (Å²) in [6.45, 7) is 1.59. The molecule has 2 N–H and O–H groups in total. The first-order valence-corrected chi connectivity index (χ1v) is 9.72. The highest BCUT2D eigenvalue weighted by Gasteiger charge is 2.24. The first-order chi connectivity index (χ1) is 14.6. The zero-order valence-corrected chi connectivity index (χ0v) is 16.3. The molecule has 0 bridgehead atoms. The fraction of sp³-hybridized carbons (Fsp3) is 0.217. The van der Waals surface area contributed by atoms with Crippen molar-refractivity contribution in [2.45, 2.75) is 19.3 Å². The average molecular weight is 398 g/mol. The highest BCUT2D eigenvalue weighted by molar-refractivity contribution is 5.87. The van der Waals surface area contributed by atoms with Crippen molar-refractivity contribution in [3.8, 4) is 34.4 Å². The maximum atomic E-state index is 13.6. The largest absolute Gasteiger partial charge is 0.383 e. The Morgan fingerprint density at radius 3 is 2.37 bits per heavy atom. The van der Waals surface area contributed by atoms with Crippen LogP contribution < -0.4 is 10.6 Å². The molecule has 2 aromatic heterocycles. The van der Waals surface area contributed by atoms with Gasteiger partial charge in [0.25, 0.3) is 0 Å². The Labute approximate surface area is 174 Å². The van der Waals surface area contributed by atoms with Crippen molar-refractivity contribution in [1.82, 2.24) is 9.97 Å². The number of pyridine rings is 2. The smallest absolute Gasteiger partial charge is 0.149 e. The highest BCUT2D eigenvalue weighted by Crippen LogP contribution is 2.37. The Morgan fingerprint density at radius 2 is 1.67 bits per heavy atom. The average Bonchev–Trinajstić information content (AvgIpc) is 2.79. The van der Waals surface area contributed by atoms with Crippen molar-refractivity contribution in [1.29, 1.82) is 10.5 Å². The summed E-state index contributed by atoms with van der Waals surface area (Å²) in [5.41, 5.74) is 9.08. The van der Waals surface area contributed by atoms with E-state index >= 15 is 0 Å². The number of aromatic nitrogens is 2. The molecule has 0 saturated carbocycles. The Kier molecular flexibility index (Phi) is 5.28. The van der Waals surface area contributed by atoms with E-state index in [0.717, 1.165) is 44.1 Å². The number of nitrogens with zero attached hydrogens (tertiary/aromatic N) is 5. The predicted molar refractivity (Wildman–Crippen MR) is 113 cm³/mol. The first kappa shape index (κ1) is 19.4. The molecule has 0 unspecified atom stereocenters. The molecule has 3 aromatic rings. The molecule has 0 aliphatic carbocycles. The van der Waals surface area contributed by atoms with Crippen molar-refractivity contribution in [2.75, 3.05) is 23.7 Å². The number of piperidine rings is 1. The second-order valence-electron chi connectivity index (χ2n) is 7.19. The van der Waals surface area contributed by atoms with E-state index in [1.807, 2.05) is 18.2 Å². The van der Waals surface area contributed by atoms with Gasteiger partial charge in [0.15, 0.2) is 0 Å². The summed E-state index contributed by atoms with van der Waals surface area (Å²) in [5.74, 6) is 0.181. The van der Waals surface area contributed by atoms with Crippen molar-refractivity contribution < 1.29 is 4.39 Å². The monoisotopic (exact) mass is 398 g/mol. The van der Waals surface area contributed by atoms with E-state index in [1.165, 1.54) is 6.07 Å². The van der Waals surface area contributed by atoms with Gasteiger partial charge in [-0.1, -0.05) is 18.2 Å². The number of hydrogen-bond donors (Lipinski definition) is 1. The minimum Gasteiger partial charge on any atom is -0.383 e. The first-order valence-electron chi connectivity index (χ1n) is 9.72. The number of nitrogen functional groups attached to an aromatic ring is 1. The quantitative estimate of drug-likeness (QED) is 0.707. The molecular formula is C23H19FN6. The summed E-state index contributed by atoms with van der Waals surface area (Å²) in [4.78, 5) is 10.4. The van der Waals surface area contributed by atoms with Crippen LogP contribution in [0, 0.1) is 28.5 Å².